The predicted octanol–water partition coefficient (Wildman–Crippen LogP) is 3.62. The van der Waals surface area contributed by atoms with Crippen LogP contribution in [0, 0.1) is 0 Å². The van der Waals surface area contributed by atoms with E-state index < -0.39 is 0 Å². The zero-order valence-corrected chi connectivity index (χ0v) is 10.7. The molecule has 0 spiro atoms. The van der Waals surface area contributed by atoms with Gasteiger partial charge in [-0.25, -0.2) is 9.97 Å². The summed E-state index contributed by atoms with van der Waals surface area (Å²) in [6.07, 6.45) is 2.25. The topological polar surface area (TPSA) is 42.9 Å². The van der Waals surface area contributed by atoms with Crippen molar-refractivity contribution in [3.8, 4) is 22.4 Å². The van der Waals surface area contributed by atoms with Crippen molar-refractivity contribution >= 4 is 6.29 Å². The van der Waals surface area contributed by atoms with Gasteiger partial charge in [0.2, 0.25) is 0 Å². The van der Waals surface area contributed by atoms with Crippen LogP contribution in [0.4, 0.5) is 0 Å². The highest BCUT2D eigenvalue weighted by Gasteiger charge is 2.02. The number of nitrogens with zero attached hydrogens (tertiary/aromatic N) is 2. The van der Waals surface area contributed by atoms with Gasteiger partial charge < -0.3 is 0 Å². The lowest BCUT2D eigenvalue weighted by Crippen LogP contribution is -1.93. The standard InChI is InChI=1S/C17H12N2O/c20-12-17-18-11-10-16(19-17)15-8-6-14(7-9-15)13-4-2-1-3-5-13/h1-12H. The zero-order chi connectivity index (χ0) is 13.8. The fraction of sp³-hybridized carbons (Fsp3) is 0. The highest BCUT2D eigenvalue weighted by atomic mass is 16.1. The summed E-state index contributed by atoms with van der Waals surface area (Å²) >= 11 is 0. The number of rotatable bonds is 3. The molecule has 96 valence electrons. The second kappa shape index (κ2) is 5.45. The Balaban J connectivity index is 1.95. The first-order valence-electron chi connectivity index (χ1n) is 6.31. The largest absolute Gasteiger partial charge is 0.294 e. The molecule has 3 aromatic rings. The van der Waals surface area contributed by atoms with Crippen molar-refractivity contribution in [1.29, 1.82) is 0 Å². The highest BCUT2D eigenvalue weighted by molar-refractivity contribution is 5.72. The molecule has 2 aromatic carbocycles. The van der Waals surface area contributed by atoms with Crippen LogP contribution in [-0.2, 0) is 0 Å². The molecule has 0 atom stereocenters. The quantitative estimate of drug-likeness (QED) is 0.675. The van der Waals surface area contributed by atoms with Gasteiger partial charge in [-0.3, -0.25) is 4.79 Å². The molecule has 0 amide bonds. The van der Waals surface area contributed by atoms with Crippen LogP contribution in [0.15, 0.2) is 66.9 Å². The van der Waals surface area contributed by atoms with Crippen LogP contribution in [0.2, 0.25) is 0 Å². The fourth-order valence-corrected chi connectivity index (χ4v) is 2.06. The van der Waals surface area contributed by atoms with E-state index in [0.29, 0.717) is 6.29 Å². The first kappa shape index (κ1) is 12.2. The lowest BCUT2D eigenvalue weighted by atomic mass is 10.0. The minimum absolute atomic E-state index is 0.203. The van der Waals surface area contributed by atoms with Gasteiger partial charge in [0.15, 0.2) is 12.1 Å². The van der Waals surface area contributed by atoms with Gasteiger partial charge in [-0.05, 0) is 17.2 Å². The maximum Gasteiger partial charge on any atom is 0.193 e. The molecule has 0 aliphatic heterocycles. The van der Waals surface area contributed by atoms with Crippen molar-refractivity contribution in [3.63, 3.8) is 0 Å². The third kappa shape index (κ3) is 2.47. The van der Waals surface area contributed by atoms with Gasteiger partial charge in [-0.15, -0.1) is 0 Å². The zero-order valence-electron chi connectivity index (χ0n) is 10.7. The Labute approximate surface area is 117 Å². The van der Waals surface area contributed by atoms with Crippen LogP contribution in [0.3, 0.4) is 0 Å². The Bertz CT molecular complexity index is 721. The maximum absolute atomic E-state index is 10.7. The fourth-order valence-electron chi connectivity index (χ4n) is 2.06. The van der Waals surface area contributed by atoms with Crippen molar-refractivity contribution in [1.82, 2.24) is 9.97 Å². The van der Waals surface area contributed by atoms with E-state index in [-0.39, 0.29) is 5.82 Å². The van der Waals surface area contributed by atoms with Gasteiger partial charge >= 0.3 is 0 Å². The molecule has 20 heavy (non-hydrogen) atoms. The van der Waals surface area contributed by atoms with Gasteiger partial charge in [-0.1, -0.05) is 54.6 Å². The van der Waals surface area contributed by atoms with Gasteiger partial charge in [0, 0.05) is 11.8 Å². The molecule has 0 N–H and O–H groups in total. The Kier molecular flexibility index (Phi) is 3.33. The first-order chi connectivity index (χ1) is 9.86. The number of hydrogen-bond donors (Lipinski definition) is 0. The Morgan fingerprint density at radius 1 is 0.750 bits per heavy atom. The van der Waals surface area contributed by atoms with Crippen molar-refractivity contribution in [2.45, 2.75) is 0 Å². The van der Waals surface area contributed by atoms with Crippen molar-refractivity contribution in [2.75, 3.05) is 0 Å². The van der Waals surface area contributed by atoms with Crippen LogP contribution in [-0.4, -0.2) is 16.3 Å². The van der Waals surface area contributed by atoms with Gasteiger partial charge in [-0.2, -0.15) is 0 Å². The molecule has 0 saturated carbocycles. The molecule has 3 nitrogen and oxygen atoms in total. The third-order valence-corrected chi connectivity index (χ3v) is 3.07. The third-order valence-electron chi connectivity index (χ3n) is 3.07. The molecular formula is C17H12N2O. The van der Waals surface area contributed by atoms with Gasteiger partial charge in [0.1, 0.15) is 0 Å². The Hall–Kier alpha value is -2.81. The molecule has 0 fully saturated rings. The lowest BCUT2D eigenvalue weighted by Gasteiger charge is -2.04. The number of carbonyl (C=O) groups is 1. The van der Waals surface area contributed by atoms with Crippen molar-refractivity contribution in [2.24, 2.45) is 0 Å². The summed E-state index contributed by atoms with van der Waals surface area (Å²) in [5.74, 6) is 0.203. The van der Waals surface area contributed by atoms with Crippen molar-refractivity contribution in [3.05, 3.63) is 72.7 Å². The normalized spacial score (nSPS) is 10.2. The molecule has 0 aliphatic carbocycles. The van der Waals surface area contributed by atoms with E-state index in [1.807, 2.05) is 42.5 Å². The van der Waals surface area contributed by atoms with E-state index in [2.05, 4.69) is 22.1 Å². The average molecular weight is 260 g/mol. The summed E-state index contributed by atoms with van der Waals surface area (Å²) in [5, 5.41) is 0. The second-order valence-electron chi connectivity index (χ2n) is 4.36. The SMILES string of the molecule is O=Cc1nccc(-c2ccc(-c3ccccc3)cc2)n1. The molecule has 0 radical (unpaired) electrons. The molecular weight excluding hydrogens is 248 g/mol. The summed E-state index contributed by atoms with van der Waals surface area (Å²) in [4.78, 5) is 18.8. The van der Waals surface area contributed by atoms with E-state index in [9.17, 15) is 4.79 Å². The molecule has 1 heterocycles. The minimum Gasteiger partial charge on any atom is -0.294 e. The maximum atomic E-state index is 10.7. The van der Waals surface area contributed by atoms with E-state index in [1.165, 1.54) is 5.56 Å². The van der Waals surface area contributed by atoms with E-state index >= 15 is 0 Å². The number of aromatic nitrogens is 2. The number of hydrogen-bond acceptors (Lipinski definition) is 3. The highest BCUT2D eigenvalue weighted by Crippen LogP contribution is 2.23. The molecule has 0 aliphatic rings. The van der Waals surface area contributed by atoms with Crippen LogP contribution in [0.5, 0.6) is 0 Å². The van der Waals surface area contributed by atoms with Crippen LogP contribution in [0.1, 0.15) is 10.6 Å². The molecule has 3 rings (SSSR count). The molecule has 3 heteroatoms. The summed E-state index contributed by atoms with van der Waals surface area (Å²) in [6, 6.07) is 20.1. The van der Waals surface area contributed by atoms with E-state index in [0.717, 1.165) is 16.8 Å². The number of aldehydes is 1. The Morgan fingerprint density at radius 2 is 1.40 bits per heavy atom. The summed E-state index contributed by atoms with van der Waals surface area (Å²) < 4.78 is 0. The summed E-state index contributed by atoms with van der Waals surface area (Å²) in [6.45, 7) is 0. The monoisotopic (exact) mass is 260 g/mol. The summed E-state index contributed by atoms with van der Waals surface area (Å²) in [5.41, 5.74) is 4.05. The van der Waals surface area contributed by atoms with Gasteiger partial charge in [0.05, 0.1) is 5.69 Å². The van der Waals surface area contributed by atoms with Crippen LogP contribution >= 0.6 is 0 Å². The second-order valence-corrected chi connectivity index (χ2v) is 4.36. The predicted molar refractivity (Wildman–Crippen MR) is 78.3 cm³/mol. The summed E-state index contributed by atoms with van der Waals surface area (Å²) in [7, 11) is 0. The Morgan fingerprint density at radius 3 is 2.10 bits per heavy atom. The molecule has 0 unspecified atom stereocenters. The average Bonchev–Trinajstić information content (AvgIpc) is 2.56. The van der Waals surface area contributed by atoms with Gasteiger partial charge in [0.25, 0.3) is 0 Å². The number of benzene rings is 2. The minimum atomic E-state index is 0.203. The lowest BCUT2D eigenvalue weighted by molar-refractivity contribution is 0.111. The molecule has 1 aromatic heterocycles. The van der Waals surface area contributed by atoms with Crippen LogP contribution < -0.4 is 0 Å². The van der Waals surface area contributed by atoms with Crippen molar-refractivity contribution < 1.29 is 4.79 Å². The molecule has 0 bridgehead atoms. The number of carbonyl (C=O) groups excluding carboxylic acids is 1. The first-order valence-corrected chi connectivity index (χ1v) is 6.31. The molecule has 0 saturated heterocycles. The van der Waals surface area contributed by atoms with E-state index in [1.54, 1.807) is 12.3 Å². The van der Waals surface area contributed by atoms with E-state index in [4.69, 9.17) is 0 Å². The smallest absolute Gasteiger partial charge is 0.193 e. The van der Waals surface area contributed by atoms with Crippen LogP contribution in [0.25, 0.3) is 22.4 Å².